The van der Waals surface area contributed by atoms with Gasteiger partial charge in [-0.1, -0.05) is 30.3 Å². The van der Waals surface area contributed by atoms with Crippen LogP contribution in [0.4, 0.5) is 0 Å². The molecule has 0 bridgehead atoms. The summed E-state index contributed by atoms with van der Waals surface area (Å²) in [6.07, 6.45) is 0.242. The van der Waals surface area contributed by atoms with Crippen molar-refractivity contribution < 1.29 is 19.4 Å². The minimum absolute atomic E-state index is 0.0965. The number of rotatable bonds is 5. The van der Waals surface area contributed by atoms with Gasteiger partial charge in [-0.05, 0) is 12.0 Å². The molecule has 0 heterocycles. The van der Waals surface area contributed by atoms with Crippen molar-refractivity contribution in [3.05, 3.63) is 35.9 Å². The third-order valence-electron chi connectivity index (χ3n) is 2.31. The van der Waals surface area contributed by atoms with Gasteiger partial charge >= 0.3 is 11.9 Å². The molecule has 1 rings (SSSR count). The lowest BCUT2D eigenvalue weighted by atomic mass is 9.96. The number of hydrogen-bond acceptors (Lipinski definition) is 3. The Labute approximate surface area is 93.9 Å². The van der Waals surface area contributed by atoms with E-state index in [9.17, 15) is 9.59 Å². The Balaban J connectivity index is 2.65. The van der Waals surface area contributed by atoms with Crippen LogP contribution in [0.2, 0.25) is 0 Å². The van der Waals surface area contributed by atoms with E-state index >= 15 is 0 Å². The largest absolute Gasteiger partial charge is 0.481 e. The van der Waals surface area contributed by atoms with Crippen molar-refractivity contribution in [2.24, 2.45) is 5.92 Å². The summed E-state index contributed by atoms with van der Waals surface area (Å²) >= 11 is 0. The lowest BCUT2D eigenvalue weighted by molar-refractivity contribution is -0.149. The van der Waals surface area contributed by atoms with E-state index in [1.54, 1.807) is 0 Å². The Morgan fingerprint density at radius 1 is 1.31 bits per heavy atom. The predicted octanol–water partition coefficient (Wildman–Crippen LogP) is 1.49. The predicted molar refractivity (Wildman–Crippen MR) is 57.9 cm³/mol. The van der Waals surface area contributed by atoms with Gasteiger partial charge in [-0.25, -0.2) is 0 Å². The second kappa shape index (κ2) is 5.90. The molecule has 4 nitrogen and oxygen atoms in total. The molecule has 16 heavy (non-hydrogen) atoms. The number of carboxylic acids is 1. The van der Waals surface area contributed by atoms with Gasteiger partial charge in [-0.15, -0.1) is 0 Å². The molecule has 1 aromatic rings. The SMILES string of the molecule is COC(=O)C[C@H](Cc1ccccc1)C(=O)O. The molecule has 0 aromatic heterocycles. The van der Waals surface area contributed by atoms with Crippen LogP contribution in [0, 0.1) is 5.92 Å². The summed E-state index contributed by atoms with van der Waals surface area (Å²) in [5, 5.41) is 8.97. The molecule has 0 fully saturated rings. The summed E-state index contributed by atoms with van der Waals surface area (Å²) in [5.41, 5.74) is 0.902. The molecule has 86 valence electrons. The topological polar surface area (TPSA) is 63.6 Å². The molecule has 0 aliphatic carbocycles. The summed E-state index contributed by atoms with van der Waals surface area (Å²) in [7, 11) is 1.25. The van der Waals surface area contributed by atoms with Gasteiger partial charge in [0.15, 0.2) is 0 Å². The van der Waals surface area contributed by atoms with Crippen molar-refractivity contribution in [1.29, 1.82) is 0 Å². The third kappa shape index (κ3) is 3.73. The van der Waals surface area contributed by atoms with Crippen LogP contribution in [0.1, 0.15) is 12.0 Å². The van der Waals surface area contributed by atoms with Gasteiger partial charge in [0.05, 0.1) is 19.4 Å². The second-order valence-corrected chi connectivity index (χ2v) is 3.51. The smallest absolute Gasteiger partial charge is 0.307 e. The number of aliphatic carboxylic acids is 1. The molecule has 1 atom stereocenters. The fraction of sp³-hybridized carbons (Fsp3) is 0.333. The highest BCUT2D eigenvalue weighted by Gasteiger charge is 2.21. The normalized spacial score (nSPS) is 11.8. The summed E-state index contributed by atoms with van der Waals surface area (Å²) in [4.78, 5) is 22.0. The molecule has 4 heteroatoms. The Morgan fingerprint density at radius 2 is 1.94 bits per heavy atom. The molecule has 0 aliphatic heterocycles. The van der Waals surface area contributed by atoms with Gasteiger partial charge in [0, 0.05) is 0 Å². The zero-order chi connectivity index (χ0) is 12.0. The fourth-order valence-electron chi connectivity index (χ4n) is 1.43. The molecule has 0 amide bonds. The second-order valence-electron chi connectivity index (χ2n) is 3.51. The number of benzene rings is 1. The standard InChI is InChI=1S/C12H14O4/c1-16-11(13)8-10(12(14)15)7-9-5-3-2-4-6-9/h2-6,10H,7-8H2,1H3,(H,14,15)/t10-/m0/s1. The first-order valence-corrected chi connectivity index (χ1v) is 4.97. The maximum atomic E-state index is 11.0. The lowest BCUT2D eigenvalue weighted by Gasteiger charge is -2.10. The van der Waals surface area contributed by atoms with Gasteiger partial charge in [-0.2, -0.15) is 0 Å². The van der Waals surface area contributed by atoms with E-state index < -0.39 is 17.9 Å². The minimum Gasteiger partial charge on any atom is -0.481 e. The van der Waals surface area contributed by atoms with Crippen LogP contribution in [-0.4, -0.2) is 24.2 Å². The molecule has 0 spiro atoms. The quantitative estimate of drug-likeness (QED) is 0.767. The first-order valence-electron chi connectivity index (χ1n) is 4.97. The van der Waals surface area contributed by atoms with E-state index in [0.29, 0.717) is 6.42 Å². The lowest BCUT2D eigenvalue weighted by Crippen LogP contribution is -2.21. The third-order valence-corrected chi connectivity index (χ3v) is 2.31. The average molecular weight is 222 g/mol. The van der Waals surface area contributed by atoms with Crippen LogP contribution in [0.25, 0.3) is 0 Å². The molecule has 0 aliphatic rings. The first kappa shape index (κ1) is 12.2. The van der Waals surface area contributed by atoms with Crippen LogP contribution in [0.3, 0.4) is 0 Å². The van der Waals surface area contributed by atoms with Gasteiger partial charge in [0.2, 0.25) is 0 Å². The molecule has 1 aromatic carbocycles. The van der Waals surface area contributed by atoms with E-state index in [4.69, 9.17) is 5.11 Å². The molecule has 0 saturated heterocycles. The van der Waals surface area contributed by atoms with Crippen LogP contribution >= 0.6 is 0 Å². The molecule has 1 N–H and O–H groups in total. The summed E-state index contributed by atoms with van der Waals surface area (Å²) in [6, 6.07) is 9.22. The number of carbonyl (C=O) groups excluding carboxylic acids is 1. The maximum Gasteiger partial charge on any atom is 0.307 e. The van der Waals surface area contributed by atoms with Crippen molar-refractivity contribution in [1.82, 2.24) is 0 Å². The summed E-state index contributed by atoms with van der Waals surface area (Å²) in [5.74, 6) is -2.20. The Hall–Kier alpha value is -1.84. The minimum atomic E-state index is -0.978. The molecular weight excluding hydrogens is 208 g/mol. The number of hydrogen-bond donors (Lipinski definition) is 1. The van der Waals surface area contributed by atoms with Crippen molar-refractivity contribution in [3.8, 4) is 0 Å². The monoisotopic (exact) mass is 222 g/mol. The number of esters is 1. The Bertz CT molecular complexity index is 359. The van der Waals surface area contributed by atoms with Gasteiger partial charge < -0.3 is 9.84 Å². The van der Waals surface area contributed by atoms with Crippen molar-refractivity contribution >= 4 is 11.9 Å². The van der Waals surface area contributed by atoms with Crippen molar-refractivity contribution in [2.45, 2.75) is 12.8 Å². The van der Waals surface area contributed by atoms with E-state index in [-0.39, 0.29) is 6.42 Å². The summed E-state index contributed by atoms with van der Waals surface area (Å²) in [6.45, 7) is 0. The van der Waals surface area contributed by atoms with Crippen LogP contribution in [-0.2, 0) is 20.7 Å². The van der Waals surface area contributed by atoms with Crippen LogP contribution in [0.5, 0.6) is 0 Å². The number of carboxylic acid groups (broad SMARTS) is 1. The van der Waals surface area contributed by atoms with Gasteiger partial charge in [0.25, 0.3) is 0 Å². The first-order chi connectivity index (χ1) is 7.63. The van der Waals surface area contributed by atoms with Gasteiger partial charge in [0.1, 0.15) is 0 Å². The van der Waals surface area contributed by atoms with E-state index in [1.165, 1.54) is 7.11 Å². The van der Waals surface area contributed by atoms with Crippen molar-refractivity contribution in [3.63, 3.8) is 0 Å². The highest BCUT2D eigenvalue weighted by atomic mass is 16.5. The Kier molecular flexibility index (Phi) is 4.51. The van der Waals surface area contributed by atoms with Gasteiger partial charge in [-0.3, -0.25) is 9.59 Å². The highest BCUT2D eigenvalue weighted by Crippen LogP contribution is 2.13. The van der Waals surface area contributed by atoms with Crippen LogP contribution < -0.4 is 0 Å². The average Bonchev–Trinajstić information content (AvgIpc) is 2.29. The maximum absolute atomic E-state index is 11.0. The zero-order valence-electron chi connectivity index (χ0n) is 9.05. The van der Waals surface area contributed by atoms with E-state index in [1.807, 2.05) is 30.3 Å². The van der Waals surface area contributed by atoms with Crippen molar-refractivity contribution in [2.75, 3.05) is 7.11 Å². The van der Waals surface area contributed by atoms with E-state index in [2.05, 4.69) is 4.74 Å². The summed E-state index contributed by atoms with van der Waals surface area (Å²) < 4.78 is 4.47. The van der Waals surface area contributed by atoms with E-state index in [0.717, 1.165) is 5.56 Å². The molecule has 0 saturated carbocycles. The highest BCUT2D eigenvalue weighted by molar-refractivity contribution is 5.78. The zero-order valence-corrected chi connectivity index (χ0v) is 9.05. The molecule has 0 unspecified atom stereocenters. The molecule has 0 radical (unpaired) electrons. The fourth-order valence-corrected chi connectivity index (χ4v) is 1.43. The van der Waals surface area contributed by atoms with Crippen LogP contribution in [0.15, 0.2) is 30.3 Å². The number of ether oxygens (including phenoxy) is 1. The molecular formula is C12H14O4. The number of carbonyl (C=O) groups is 2. The number of methoxy groups -OCH3 is 1. The Morgan fingerprint density at radius 3 is 2.44 bits per heavy atom.